The minimum Gasteiger partial charge on any atom is -0.311 e. The molecule has 29 heavy (non-hydrogen) atoms. The van der Waals surface area contributed by atoms with Crippen LogP contribution in [0.15, 0.2) is 58.1 Å². The van der Waals surface area contributed by atoms with E-state index < -0.39 is 22.9 Å². The summed E-state index contributed by atoms with van der Waals surface area (Å²) in [5.41, 5.74) is 1.82. The lowest BCUT2D eigenvalue weighted by molar-refractivity contribution is 0.388. The van der Waals surface area contributed by atoms with Gasteiger partial charge in [0, 0.05) is 17.7 Å². The average Bonchev–Trinajstić information content (AvgIpc) is 2.73. The first-order valence-corrected chi connectivity index (χ1v) is 9.85. The minimum absolute atomic E-state index is 0.0604. The minimum atomic E-state index is -0.951. The van der Waals surface area contributed by atoms with Crippen molar-refractivity contribution in [2.45, 2.75) is 43.9 Å². The highest BCUT2D eigenvalue weighted by atomic mass is 19.2. The molecule has 1 fully saturated rings. The number of nitrogens with one attached hydrogen (secondary N) is 2. The van der Waals surface area contributed by atoms with Crippen molar-refractivity contribution >= 4 is 0 Å². The molecule has 4 rings (SSSR count). The second-order valence-electron chi connectivity index (χ2n) is 7.68. The average molecular weight is 396 g/mol. The predicted octanol–water partition coefficient (Wildman–Crippen LogP) is 4.37. The first-order chi connectivity index (χ1) is 14.0. The Morgan fingerprint density at radius 2 is 1.52 bits per heavy atom. The molecule has 6 heteroatoms. The summed E-state index contributed by atoms with van der Waals surface area (Å²) in [4.78, 5) is 29.5. The maximum atomic E-state index is 13.6. The Morgan fingerprint density at radius 1 is 0.828 bits per heavy atom. The molecule has 0 atom stereocenters. The fourth-order valence-corrected chi connectivity index (χ4v) is 4.35. The van der Waals surface area contributed by atoms with E-state index in [2.05, 4.69) is 22.1 Å². The fourth-order valence-electron chi connectivity index (χ4n) is 4.35. The van der Waals surface area contributed by atoms with Crippen LogP contribution in [-0.2, 0) is 6.42 Å². The summed E-state index contributed by atoms with van der Waals surface area (Å²) in [6, 6.07) is 13.9. The predicted molar refractivity (Wildman–Crippen MR) is 107 cm³/mol. The van der Waals surface area contributed by atoms with Crippen LogP contribution in [0.4, 0.5) is 8.78 Å². The van der Waals surface area contributed by atoms with E-state index in [0.717, 1.165) is 37.8 Å². The molecular weight excluding hydrogens is 374 g/mol. The lowest BCUT2D eigenvalue weighted by Crippen LogP contribution is -2.30. The summed E-state index contributed by atoms with van der Waals surface area (Å²) < 4.78 is 26.8. The summed E-state index contributed by atoms with van der Waals surface area (Å²) in [5.74, 6) is -1.35. The first-order valence-electron chi connectivity index (χ1n) is 9.85. The van der Waals surface area contributed by atoms with E-state index in [1.54, 1.807) is 0 Å². The Morgan fingerprint density at radius 3 is 2.21 bits per heavy atom. The standard InChI is InChI=1S/C23H22F2N2O2/c24-19-11-6-14(13-20(19)25)12-18-21(26-23(29)27-22(18)28)17-9-7-16(8-10-17)15-4-2-1-3-5-15/h1-6,11,13,16-17H,7-10,12H2,(H2,26,27,28,29)/t16-,17-. The molecule has 0 unspecified atom stereocenters. The molecule has 1 aromatic heterocycles. The third kappa shape index (κ3) is 4.21. The first kappa shape index (κ1) is 19.3. The second kappa shape index (κ2) is 8.15. The molecule has 150 valence electrons. The van der Waals surface area contributed by atoms with Crippen LogP contribution in [0.2, 0.25) is 0 Å². The smallest absolute Gasteiger partial charge is 0.311 e. The maximum absolute atomic E-state index is 13.6. The molecule has 4 nitrogen and oxygen atoms in total. The zero-order chi connectivity index (χ0) is 20.4. The van der Waals surface area contributed by atoms with Crippen LogP contribution in [0.25, 0.3) is 0 Å². The van der Waals surface area contributed by atoms with E-state index in [-0.39, 0.29) is 12.3 Å². The van der Waals surface area contributed by atoms with Gasteiger partial charge >= 0.3 is 5.69 Å². The topological polar surface area (TPSA) is 65.7 Å². The van der Waals surface area contributed by atoms with E-state index in [1.807, 2.05) is 18.2 Å². The van der Waals surface area contributed by atoms with Gasteiger partial charge in [-0.2, -0.15) is 0 Å². The third-order valence-electron chi connectivity index (χ3n) is 5.85. The van der Waals surface area contributed by atoms with Crippen molar-refractivity contribution in [2.75, 3.05) is 0 Å². The monoisotopic (exact) mass is 396 g/mol. The maximum Gasteiger partial charge on any atom is 0.325 e. The van der Waals surface area contributed by atoms with Crippen molar-refractivity contribution in [1.82, 2.24) is 9.97 Å². The van der Waals surface area contributed by atoms with Crippen LogP contribution < -0.4 is 11.2 Å². The zero-order valence-corrected chi connectivity index (χ0v) is 15.9. The van der Waals surface area contributed by atoms with Gasteiger partial charge in [-0.25, -0.2) is 13.6 Å². The quantitative estimate of drug-likeness (QED) is 0.688. The van der Waals surface area contributed by atoms with Crippen molar-refractivity contribution in [3.63, 3.8) is 0 Å². The molecule has 1 aliphatic carbocycles. The Hall–Kier alpha value is -3.02. The number of aromatic nitrogens is 2. The molecule has 3 aromatic rings. The number of H-pyrrole nitrogens is 2. The Bertz CT molecular complexity index is 1110. The van der Waals surface area contributed by atoms with Gasteiger partial charge in [0.2, 0.25) is 0 Å². The van der Waals surface area contributed by atoms with Crippen molar-refractivity contribution in [2.24, 2.45) is 0 Å². The number of aromatic amines is 2. The molecular formula is C23H22F2N2O2. The van der Waals surface area contributed by atoms with Crippen molar-refractivity contribution in [1.29, 1.82) is 0 Å². The highest BCUT2D eigenvalue weighted by Gasteiger charge is 2.27. The van der Waals surface area contributed by atoms with E-state index in [0.29, 0.717) is 22.7 Å². The number of hydrogen-bond donors (Lipinski definition) is 2. The molecule has 0 saturated heterocycles. The number of rotatable bonds is 4. The van der Waals surface area contributed by atoms with E-state index >= 15 is 0 Å². The van der Waals surface area contributed by atoms with E-state index in [1.165, 1.54) is 11.6 Å². The molecule has 0 bridgehead atoms. The van der Waals surface area contributed by atoms with Crippen molar-refractivity contribution < 1.29 is 8.78 Å². The van der Waals surface area contributed by atoms with Gasteiger partial charge in [-0.1, -0.05) is 36.4 Å². The Balaban J connectivity index is 1.60. The summed E-state index contributed by atoms with van der Waals surface area (Å²) >= 11 is 0. The Labute approximate surface area is 166 Å². The number of halogens is 2. The number of benzene rings is 2. The Kier molecular flexibility index (Phi) is 5.43. The summed E-state index contributed by atoms with van der Waals surface area (Å²) in [6.07, 6.45) is 3.77. The molecule has 0 amide bonds. The van der Waals surface area contributed by atoms with Gasteiger partial charge in [-0.15, -0.1) is 0 Å². The van der Waals surface area contributed by atoms with Gasteiger partial charge in [-0.3, -0.25) is 9.78 Å². The van der Waals surface area contributed by atoms with Gasteiger partial charge in [0.1, 0.15) is 0 Å². The van der Waals surface area contributed by atoms with Crippen LogP contribution in [0.1, 0.15) is 59.9 Å². The normalized spacial score (nSPS) is 19.2. The van der Waals surface area contributed by atoms with Crippen molar-refractivity contribution in [3.8, 4) is 0 Å². The van der Waals surface area contributed by atoms with Crippen LogP contribution in [0.3, 0.4) is 0 Å². The molecule has 2 aromatic carbocycles. The summed E-state index contributed by atoms with van der Waals surface area (Å²) in [5, 5.41) is 0. The lowest BCUT2D eigenvalue weighted by atomic mass is 9.76. The number of hydrogen-bond acceptors (Lipinski definition) is 2. The van der Waals surface area contributed by atoms with Gasteiger partial charge in [0.25, 0.3) is 5.56 Å². The van der Waals surface area contributed by atoms with Crippen LogP contribution in [0.5, 0.6) is 0 Å². The van der Waals surface area contributed by atoms with Crippen LogP contribution in [0, 0.1) is 11.6 Å². The summed E-state index contributed by atoms with van der Waals surface area (Å²) in [6.45, 7) is 0. The lowest BCUT2D eigenvalue weighted by Gasteiger charge is -2.29. The molecule has 1 aliphatic rings. The SMILES string of the molecule is O=c1[nH]c(=O)c(Cc2ccc(F)c(F)c2)c([C@H]2CC[C@H](c3ccccc3)CC2)[nH]1. The van der Waals surface area contributed by atoms with E-state index in [4.69, 9.17) is 0 Å². The van der Waals surface area contributed by atoms with Gasteiger partial charge in [0.15, 0.2) is 11.6 Å². The zero-order valence-electron chi connectivity index (χ0n) is 15.9. The van der Waals surface area contributed by atoms with Gasteiger partial charge in [-0.05, 0) is 60.8 Å². The largest absolute Gasteiger partial charge is 0.325 e. The molecule has 1 heterocycles. The summed E-state index contributed by atoms with van der Waals surface area (Å²) in [7, 11) is 0. The van der Waals surface area contributed by atoms with Crippen molar-refractivity contribution in [3.05, 3.63) is 103 Å². The highest BCUT2D eigenvalue weighted by molar-refractivity contribution is 5.30. The second-order valence-corrected chi connectivity index (χ2v) is 7.68. The molecule has 0 aliphatic heterocycles. The van der Waals surface area contributed by atoms with E-state index in [9.17, 15) is 18.4 Å². The van der Waals surface area contributed by atoms with Gasteiger partial charge in [0.05, 0.1) is 0 Å². The van der Waals surface area contributed by atoms with Gasteiger partial charge < -0.3 is 4.98 Å². The fraction of sp³-hybridized carbons (Fsp3) is 0.304. The van der Waals surface area contributed by atoms with Crippen LogP contribution >= 0.6 is 0 Å². The molecule has 1 saturated carbocycles. The molecule has 0 radical (unpaired) electrons. The molecule has 2 N–H and O–H groups in total. The molecule has 0 spiro atoms. The van der Waals surface area contributed by atoms with Crippen LogP contribution in [-0.4, -0.2) is 9.97 Å². The highest BCUT2D eigenvalue weighted by Crippen LogP contribution is 2.40. The third-order valence-corrected chi connectivity index (χ3v) is 5.85.